The second-order valence-corrected chi connectivity index (χ2v) is 9.61. The van der Waals surface area contributed by atoms with Crippen molar-refractivity contribution in [3.63, 3.8) is 0 Å². The zero-order valence-corrected chi connectivity index (χ0v) is 18.4. The highest BCUT2D eigenvalue weighted by molar-refractivity contribution is 5.81. The van der Waals surface area contributed by atoms with Gasteiger partial charge in [-0.25, -0.2) is 8.78 Å². The number of carbonyl (C=O) groups is 1. The Morgan fingerprint density at radius 3 is 2.62 bits per heavy atom. The number of hydrogen-bond acceptors (Lipinski definition) is 3. The number of benzene rings is 2. The number of amides is 1. The van der Waals surface area contributed by atoms with Crippen LogP contribution in [0.25, 0.3) is 0 Å². The van der Waals surface area contributed by atoms with Crippen molar-refractivity contribution in [2.75, 3.05) is 13.2 Å². The van der Waals surface area contributed by atoms with Crippen LogP contribution >= 0.6 is 0 Å². The van der Waals surface area contributed by atoms with Crippen molar-refractivity contribution in [2.24, 2.45) is 11.8 Å². The molecule has 0 saturated heterocycles. The Morgan fingerprint density at radius 2 is 1.94 bits per heavy atom. The van der Waals surface area contributed by atoms with Crippen molar-refractivity contribution in [3.05, 3.63) is 64.7 Å². The second-order valence-electron chi connectivity index (χ2n) is 9.61. The zero-order valence-electron chi connectivity index (χ0n) is 18.4. The summed E-state index contributed by atoms with van der Waals surface area (Å²) in [5.41, 5.74) is 4.90. The van der Waals surface area contributed by atoms with E-state index in [0.717, 1.165) is 44.5 Å². The zero-order chi connectivity index (χ0) is 22.3. The first-order chi connectivity index (χ1) is 15.4. The molecule has 4 nitrogen and oxygen atoms in total. The summed E-state index contributed by atoms with van der Waals surface area (Å²) in [5, 5.41) is 3.10. The van der Waals surface area contributed by atoms with E-state index in [-0.39, 0.29) is 30.9 Å². The maximum atomic E-state index is 13.0. The van der Waals surface area contributed by atoms with Gasteiger partial charge in [-0.3, -0.25) is 9.69 Å². The number of rotatable bonds is 8. The number of carbonyl (C=O) groups excluding carboxylic acids is 1. The number of nitrogens with zero attached hydrogens (tertiary/aromatic N) is 1. The minimum atomic E-state index is -2.53. The van der Waals surface area contributed by atoms with Crippen LogP contribution in [0.2, 0.25) is 0 Å². The molecule has 1 aliphatic heterocycles. The molecular formula is C26H30F2N2O2. The van der Waals surface area contributed by atoms with Crippen molar-refractivity contribution < 1.29 is 18.3 Å². The van der Waals surface area contributed by atoms with Gasteiger partial charge < -0.3 is 10.1 Å². The summed E-state index contributed by atoms with van der Waals surface area (Å²) in [6.07, 6.45) is 2.91. The third-order valence-electron chi connectivity index (χ3n) is 6.87. The first-order valence-electron chi connectivity index (χ1n) is 11.6. The molecule has 170 valence electrons. The number of hydrogen-bond donors (Lipinski definition) is 1. The molecule has 2 atom stereocenters. The molecule has 2 fully saturated rings. The van der Waals surface area contributed by atoms with Gasteiger partial charge in [-0.15, -0.1) is 0 Å². The Labute approximate surface area is 187 Å². The first-order valence-corrected chi connectivity index (χ1v) is 11.6. The van der Waals surface area contributed by atoms with E-state index in [2.05, 4.69) is 40.5 Å². The summed E-state index contributed by atoms with van der Waals surface area (Å²) < 4.78 is 31.7. The van der Waals surface area contributed by atoms with Crippen molar-refractivity contribution in [3.8, 4) is 5.75 Å². The molecule has 2 aliphatic carbocycles. The average Bonchev–Trinajstić information content (AvgIpc) is 3.70. The summed E-state index contributed by atoms with van der Waals surface area (Å²) >= 11 is 0. The van der Waals surface area contributed by atoms with E-state index < -0.39 is 11.8 Å². The fraction of sp³-hybridized carbons (Fsp3) is 0.500. The van der Waals surface area contributed by atoms with E-state index in [0.29, 0.717) is 5.75 Å². The van der Waals surface area contributed by atoms with Crippen molar-refractivity contribution in [2.45, 2.75) is 57.7 Å². The predicted molar refractivity (Wildman–Crippen MR) is 119 cm³/mol. The number of alkyl halides is 2. The largest absolute Gasteiger partial charge is 0.493 e. The van der Waals surface area contributed by atoms with Crippen LogP contribution in [-0.4, -0.2) is 29.9 Å². The monoisotopic (exact) mass is 440 g/mol. The highest BCUT2D eigenvalue weighted by atomic mass is 19.3. The highest BCUT2D eigenvalue weighted by Gasteiger charge is 2.57. The van der Waals surface area contributed by atoms with E-state index in [1.807, 2.05) is 19.1 Å². The Balaban J connectivity index is 1.13. The molecule has 1 amide bonds. The van der Waals surface area contributed by atoms with E-state index in [1.54, 1.807) is 0 Å². The van der Waals surface area contributed by atoms with Crippen molar-refractivity contribution in [1.82, 2.24) is 10.2 Å². The van der Waals surface area contributed by atoms with Gasteiger partial charge in [0.15, 0.2) is 0 Å². The second kappa shape index (κ2) is 8.47. The van der Waals surface area contributed by atoms with E-state index in [1.165, 1.54) is 16.7 Å². The summed E-state index contributed by atoms with van der Waals surface area (Å²) in [6.45, 7) is 4.82. The van der Waals surface area contributed by atoms with Gasteiger partial charge in [0.2, 0.25) is 5.91 Å². The van der Waals surface area contributed by atoms with Gasteiger partial charge in [-0.05, 0) is 60.6 Å². The Hall–Kier alpha value is -2.47. The van der Waals surface area contributed by atoms with Gasteiger partial charge in [-0.1, -0.05) is 30.3 Å². The van der Waals surface area contributed by atoms with Crippen LogP contribution in [0.3, 0.4) is 0 Å². The fourth-order valence-corrected chi connectivity index (χ4v) is 4.39. The van der Waals surface area contributed by atoms with E-state index in [9.17, 15) is 13.6 Å². The standard InChI is InChI=1S/C26H30F2N2O2/c1-17(29-25(31)20-6-7-20)19-4-2-18(3-5-19)14-30-11-10-21-12-24(9-8-22(21)15-30)32-16-23-13-26(23,27)28/h2-5,8-9,12,17,20,23H,6-7,10-11,13-16H2,1H3,(H,29,31)/t17-,23?/m0/s1. The maximum Gasteiger partial charge on any atom is 0.255 e. The number of fused-ring (bicyclic) bond motifs is 1. The summed E-state index contributed by atoms with van der Waals surface area (Å²) in [5.74, 6) is -2.07. The Kier molecular flexibility index (Phi) is 5.66. The normalized spacial score (nSPS) is 22.7. The minimum absolute atomic E-state index is 0.0292. The van der Waals surface area contributed by atoms with Gasteiger partial charge in [0.1, 0.15) is 5.75 Å². The first kappa shape index (κ1) is 21.4. The SMILES string of the molecule is C[C@H](NC(=O)C1CC1)c1ccc(CN2CCc3cc(OCC4CC4(F)F)ccc3C2)cc1. The van der Waals surface area contributed by atoms with Gasteiger partial charge in [0, 0.05) is 32.0 Å². The number of nitrogens with one attached hydrogen (secondary N) is 1. The molecule has 1 N–H and O–H groups in total. The van der Waals surface area contributed by atoms with Crippen LogP contribution in [-0.2, 0) is 24.3 Å². The van der Waals surface area contributed by atoms with Gasteiger partial charge in [0.25, 0.3) is 5.92 Å². The summed E-state index contributed by atoms with van der Waals surface area (Å²) in [6, 6.07) is 14.5. The predicted octanol–water partition coefficient (Wildman–Crippen LogP) is 4.87. The molecule has 2 aromatic carbocycles. The third kappa shape index (κ3) is 4.96. The lowest BCUT2D eigenvalue weighted by Gasteiger charge is -2.29. The lowest BCUT2D eigenvalue weighted by atomic mass is 9.98. The summed E-state index contributed by atoms with van der Waals surface area (Å²) in [4.78, 5) is 14.4. The third-order valence-corrected chi connectivity index (χ3v) is 6.87. The molecule has 3 aliphatic rings. The van der Waals surface area contributed by atoms with Crippen LogP contribution in [0.1, 0.15) is 54.5 Å². The molecule has 0 spiro atoms. The van der Waals surface area contributed by atoms with Crippen LogP contribution in [0, 0.1) is 11.8 Å². The molecule has 2 aromatic rings. The Morgan fingerprint density at radius 1 is 1.19 bits per heavy atom. The average molecular weight is 441 g/mol. The molecule has 2 saturated carbocycles. The lowest BCUT2D eigenvalue weighted by molar-refractivity contribution is -0.122. The smallest absolute Gasteiger partial charge is 0.255 e. The van der Waals surface area contributed by atoms with Crippen molar-refractivity contribution >= 4 is 5.91 Å². The van der Waals surface area contributed by atoms with Gasteiger partial charge >= 0.3 is 0 Å². The minimum Gasteiger partial charge on any atom is -0.493 e. The molecule has 1 heterocycles. The number of halogens is 2. The van der Waals surface area contributed by atoms with Crippen LogP contribution in [0.5, 0.6) is 5.75 Å². The molecule has 5 rings (SSSR count). The van der Waals surface area contributed by atoms with E-state index in [4.69, 9.17) is 4.74 Å². The quantitative estimate of drug-likeness (QED) is 0.637. The van der Waals surface area contributed by atoms with Crippen LogP contribution in [0.4, 0.5) is 8.78 Å². The van der Waals surface area contributed by atoms with Gasteiger partial charge in [0.05, 0.1) is 18.6 Å². The Bertz CT molecular complexity index is 988. The van der Waals surface area contributed by atoms with E-state index >= 15 is 0 Å². The number of ether oxygens (including phenoxy) is 1. The maximum absolute atomic E-state index is 13.0. The topological polar surface area (TPSA) is 41.6 Å². The molecular weight excluding hydrogens is 410 g/mol. The van der Waals surface area contributed by atoms with Crippen LogP contribution in [0.15, 0.2) is 42.5 Å². The fourth-order valence-electron chi connectivity index (χ4n) is 4.39. The highest BCUT2D eigenvalue weighted by Crippen LogP contribution is 2.48. The van der Waals surface area contributed by atoms with Gasteiger partial charge in [-0.2, -0.15) is 0 Å². The lowest BCUT2D eigenvalue weighted by Crippen LogP contribution is -2.30. The molecule has 32 heavy (non-hydrogen) atoms. The molecule has 6 heteroatoms. The molecule has 0 aromatic heterocycles. The van der Waals surface area contributed by atoms with Crippen LogP contribution < -0.4 is 10.1 Å². The molecule has 0 radical (unpaired) electrons. The van der Waals surface area contributed by atoms with Crippen molar-refractivity contribution in [1.29, 1.82) is 0 Å². The molecule has 1 unspecified atom stereocenters. The molecule has 0 bridgehead atoms. The summed E-state index contributed by atoms with van der Waals surface area (Å²) in [7, 11) is 0.